The van der Waals surface area contributed by atoms with Crippen molar-refractivity contribution in [2.24, 2.45) is 0 Å². The number of carboxylic acid groups (broad SMARTS) is 1. The van der Waals surface area contributed by atoms with Gasteiger partial charge in [-0.2, -0.15) is 0 Å². The number of hydrogen-bond donors (Lipinski definition) is 2. The normalized spacial score (nSPS) is 10.5. The molecular formula is C18H20ClNO4. The van der Waals surface area contributed by atoms with E-state index in [2.05, 4.69) is 5.32 Å². The standard InChI is InChI=1S/C18H20ClNO4/c1-11(2)24-16-7-4-12(8-17(16)23-3)10-20-13-5-6-15(19)14(9-13)18(21)22/h4-9,11,20H,10H2,1-3H3,(H,21,22). The summed E-state index contributed by atoms with van der Waals surface area (Å²) >= 11 is 5.87. The average molecular weight is 350 g/mol. The van der Waals surface area contributed by atoms with Crippen molar-refractivity contribution < 1.29 is 19.4 Å². The number of ether oxygens (including phenoxy) is 2. The molecule has 2 N–H and O–H groups in total. The van der Waals surface area contributed by atoms with Gasteiger partial charge in [0.05, 0.1) is 23.8 Å². The van der Waals surface area contributed by atoms with Crippen LogP contribution in [0.5, 0.6) is 11.5 Å². The van der Waals surface area contributed by atoms with Gasteiger partial charge in [0.2, 0.25) is 0 Å². The first-order valence-corrected chi connectivity index (χ1v) is 7.88. The lowest BCUT2D eigenvalue weighted by Gasteiger charge is -2.15. The topological polar surface area (TPSA) is 67.8 Å². The molecular weight excluding hydrogens is 330 g/mol. The van der Waals surface area contributed by atoms with Crippen LogP contribution in [-0.4, -0.2) is 24.3 Å². The van der Waals surface area contributed by atoms with E-state index in [9.17, 15) is 4.79 Å². The van der Waals surface area contributed by atoms with Gasteiger partial charge in [0.1, 0.15) is 0 Å². The van der Waals surface area contributed by atoms with Crippen LogP contribution in [-0.2, 0) is 6.54 Å². The molecule has 0 heterocycles. The van der Waals surface area contributed by atoms with Crippen LogP contribution in [0.1, 0.15) is 29.8 Å². The van der Waals surface area contributed by atoms with E-state index in [0.717, 1.165) is 5.56 Å². The molecule has 128 valence electrons. The monoisotopic (exact) mass is 349 g/mol. The first-order chi connectivity index (χ1) is 11.4. The number of benzene rings is 2. The maximum atomic E-state index is 11.1. The zero-order valence-electron chi connectivity index (χ0n) is 13.8. The summed E-state index contributed by atoms with van der Waals surface area (Å²) in [5.41, 5.74) is 1.73. The van der Waals surface area contributed by atoms with E-state index in [-0.39, 0.29) is 16.7 Å². The summed E-state index contributed by atoms with van der Waals surface area (Å²) < 4.78 is 11.0. The smallest absolute Gasteiger partial charge is 0.337 e. The Bertz CT molecular complexity index is 731. The van der Waals surface area contributed by atoms with Gasteiger partial charge in [0.25, 0.3) is 0 Å². The molecule has 5 nitrogen and oxygen atoms in total. The SMILES string of the molecule is COc1cc(CNc2ccc(Cl)c(C(=O)O)c2)ccc1OC(C)C. The lowest BCUT2D eigenvalue weighted by molar-refractivity contribution is 0.0697. The van der Waals surface area contributed by atoms with E-state index < -0.39 is 5.97 Å². The molecule has 0 aliphatic rings. The van der Waals surface area contributed by atoms with Gasteiger partial charge in [-0.05, 0) is 49.7 Å². The van der Waals surface area contributed by atoms with Crippen LogP contribution in [0, 0.1) is 0 Å². The van der Waals surface area contributed by atoms with Gasteiger partial charge < -0.3 is 19.9 Å². The Morgan fingerprint density at radius 1 is 1.21 bits per heavy atom. The summed E-state index contributed by atoms with van der Waals surface area (Å²) in [6.07, 6.45) is 0.0615. The minimum atomic E-state index is -1.06. The summed E-state index contributed by atoms with van der Waals surface area (Å²) in [7, 11) is 1.60. The van der Waals surface area contributed by atoms with Crippen molar-refractivity contribution in [2.45, 2.75) is 26.5 Å². The molecule has 0 saturated carbocycles. The van der Waals surface area contributed by atoms with Crippen LogP contribution >= 0.6 is 11.6 Å². The van der Waals surface area contributed by atoms with E-state index >= 15 is 0 Å². The highest BCUT2D eigenvalue weighted by atomic mass is 35.5. The van der Waals surface area contributed by atoms with Gasteiger partial charge in [-0.1, -0.05) is 17.7 Å². The highest BCUT2D eigenvalue weighted by Crippen LogP contribution is 2.29. The molecule has 2 rings (SSSR count). The number of aromatic carboxylic acids is 1. The van der Waals surface area contributed by atoms with Crippen molar-refractivity contribution in [3.8, 4) is 11.5 Å². The van der Waals surface area contributed by atoms with Crippen LogP contribution in [0.3, 0.4) is 0 Å². The molecule has 2 aromatic carbocycles. The second-order valence-electron chi connectivity index (χ2n) is 5.51. The predicted octanol–water partition coefficient (Wildman–Crippen LogP) is 4.45. The fraction of sp³-hybridized carbons (Fsp3) is 0.278. The largest absolute Gasteiger partial charge is 0.493 e. The Labute approximate surface area is 146 Å². The molecule has 24 heavy (non-hydrogen) atoms. The summed E-state index contributed by atoms with van der Waals surface area (Å²) in [5.74, 6) is 0.293. The van der Waals surface area contributed by atoms with Crippen molar-refractivity contribution in [2.75, 3.05) is 12.4 Å². The van der Waals surface area contributed by atoms with Crippen LogP contribution in [0.25, 0.3) is 0 Å². The number of methoxy groups -OCH3 is 1. The van der Waals surface area contributed by atoms with Gasteiger partial charge in [-0.15, -0.1) is 0 Å². The zero-order valence-corrected chi connectivity index (χ0v) is 14.6. The third kappa shape index (κ3) is 4.55. The average Bonchev–Trinajstić information content (AvgIpc) is 2.54. The van der Waals surface area contributed by atoms with E-state index in [1.165, 1.54) is 6.07 Å². The van der Waals surface area contributed by atoms with Gasteiger partial charge in [-0.3, -0.25) is 0 Å². The summed E-state index contributed by atoms with van der Waals surface area (Å²) in [5, 5.41) is 12.5. The van der Waals surface area contributed by atoms with E-state index in [0.29, 0.717) is 23.7 Å². The maximum absolute atomic E-state index is 11.1. The number of carboxylic acids is 1. The second kappa shape index (κ2) is 7.93. The quantitative estimate of drug-likeness (QED) is 0.773. The van der Waals surface area contributed by atoms with E-state index in [1.54, 1.807) is 19.2 Å². The lowest BCUT2D eigenvalue weighted by atomic mass is 10.1. The minimum Gasteiger partial charge on any atom is -0.493 e. The Hall–Kier alpha value is -2.40. The molecule has 0 bridgehead atoms. The Morgan fingerprint density at radius 3 is 2.58 bits per heavy atom. The second-order valence-corrected chi connectivity index (χ2v) is 5.91. The molecule has 0 aliphatic heterocycles. The first-order valence-electron chi connectivity index (χ1n) is 7.51. The Kier molecular flexibility index (Phi) is 5.93. The van der Waals surface area contributed by atoms with Crippen molar-refractivity contribution >= 4 is 23.3 Å². The molecule has 0 amide bonds. The third-order valence-corrected chi connectivity index (χ3v) is 3.61. The van der Waals surface area contributed by atoms with Crippen LogP contribution in [0.4, 0.5) is 5.69 Å². The van der Waals surface area contributed by atoms with Crippen LogP contribution in [0.15, 0.2) is 36.4 Å². The molecule has 0 atom stereocenters. The molecule has 0 spiro atoms. The van der Waals surface area contributed by atoms with E-state index in [1.807, 2.05) is 32.0 Å². The van der Waals surface area contributed by atoms with Gasteiger partial charge >= 0.3 is 5.97 Å². The molecule has 0 saturated heterocycles. The summed E-state index contributed by atoms with van der Waals surface area (Å²) in [4.78, 5) is 11.1. The first kappa shape index (κ1) is 17.9. The maximum Gasteiger partial charge on any atom is 0.337 e. The predicted molar refractivity (Wildman–Crippen MR) is 94.5 cm³/mol. The number of hydrogen-bond acceptors (Lipinski definition) is 4. The molecule has 0 aromatic heterocycles. The molecule has 0 radical (unpaired) electrons. The number of anilines is 1. The highest BCUT2D eigenvalue weighted by molar-refractivity contribution is 6.33. The summed E-state index contributed by atoms with van der Waals surface area (Å²) in [6, 6.07) is 10.5. The summed E-state index contributed by atoms with van der Waals surface area (Å²) in [6.45, 7) is 4.42. The molecule has 2 aromatic rings. The van der Waals surface area contributed by atoms with Crippen LogP contribution in [0.2, 0.25) is 5.02 Å². The van der Waals surface area contributed by atoms with Gasteiger partial charge in [0, 0.05) is 12.2 Å². The molecule has 0 unspecified atom stereocenters. The third-order valence-electron chi connectivity index (χ3n) is 3.28. The zero-order chi connectivity index (χ0) is 17.7. The number of halogens is 1. The van der Waals surface area contributed by atoms with Gasteiger partial charge in [-0.25, -0.2) is 4.79 Å². The van der Waals surface area contributed by atoms with Crippen molar-refractivity contribution in [3.63, 3.8) is 0 Å². The number of carbonyl (C=O) groups is 1. The van der Waals surface area contributed by atoms with Crippen LogP contribution < -0.4 is 14.8 Å². The Morgan fingerprint density at radius 2 is 1.96 bits per heavy atom. The van der Waals surface area contributed by atoms with E-state index in [4.69, 9.17) is 26.2 Å². The van der Waals surface area contributed by atoms with Crippen molar-refractivity contribution in [1.29, 1.82) is 0 Å². The minimum absolute atomic E-state index is 0.0615. The Balaban J connectivity index is 2.12. The van der Waals surface area contributed by atoms with Gasteiger partial charge in [0.15, 0.2) is 11.5 Å². The molecule has 0 fully saturated rings. The number of nitrogens with one attached hydrogen (secondary N) is 1. The van der Waals surface area contributed by atoms with Crippen molar-refractivity contribution in [1.82, 2.24) is 0 Å². The molecule has 0 aliphatic carbocycles. The highest BCUT2D eigenvalue weighted by Gasteiger charge is 2.10. The fourth-order valence-electron chi connectivity index (χ4n) is 2.18. The number of rotatable bonds is 7. The molecule has 6 heteroatoms. The lowest BCUT2D eigenvalue weighted by Crippen LogP contribution is -2.07. The van der Waals surface area contributed by atoms with Crippen molar-refractivity contribution in [3.05, 3.63) is 52.5 Å². The fourth-order valence-corrected chi connectivity index (χ4v) is 2.37.